The first-order chi connectivity index (χ1) is 9.27. The lowest BCUT2D eigenvalue weighted by molar-refractivity contribution is 0.205. The quantitative estimate of drug-likeness (QED) is 0.764. The molecule has 0 aromatic carbocycles. The third kappa shape index (κ3) is 2.80. The van der Waals surface area contributed by atoms with Crippen molar-refractivity contribution in [3.63, 3.8) is 0 Å². The van der Waals surface area contributed by atoms with Crippen molar-refractivity contribution in [3.05, 3.63) is 18.2 Å². The Morgan fingerprint density at radius 3 is 3.00 bits per heavy atom. The lowest BCUT2D eigenvalue weighted by Crippen LogP contribution is -2.29. The van der Waals surface area contributed by atoms with Crippen molar-refractivity contribution in [2.24, 2.45) is 0 Å². The maximum atomic E-state index is 8.74. The molecule has 0 atom stereocenters. The zero-order valence-corrected chi connectivity index (χ0v) is 11.1. The monoisotopic (exact) mass is 260 g/mol. The minimum Gasteiger partial charge on any atom is -0.383 e. The minimum absolute atomic E-state index is 0.430. The van der Waals surface area contributed by atoms with Crippen LogP contribution in [0.2, 0.25) is 0 Å². The maximum absolute atomic E-state index is 8.74. The highest BCUT2D eigenvalue weighted by atomic mass is 16.5. The van der Waals surface area contributed by atoms with E-state index in [0.717, 1.165) is 11.6 Å². The fourth-order valence-corrected chi connectivity index (χ4v) is 1.86. The Hall–Kier alpha value is -2.20. The highest BCUT2D eigenvalue weighted by Crippen LogP contribution is 2.17. The molecule has 2 aromatic rings. The van der Waals surface area contributed by atoms with Crippen LogP contribution in [-0.2, 0) is 4.74 Å². The summed E-state index contributed by atoms with van der Waals surface area (Å²) in [4.78, 5) is 6.36. The summed E-state index contributed by atoms with van der Waals surface area (Å²) in [5, 5.41) is 16.9. The van der Waals surface area contributed by atoms with E-state index < -0.39 is 0 Å². The van der Waals surface area contributed by atoms with Gasteiger partial charge in [0.05, 0.1) is 19.1 Å². The van der Waals surface area contributed by atoms with Gasteiger partial charge in [-0.3, -0.25) is 4.40 Å². The molecular weight excluding hydrogens is 244 g/mol. The van der Waals surface area contributed by atoms with Gasteiger partial charge in [0, 0.05) is 32.6 Å². The molecule has 7 nitrogen and oxygen atoms in total. The number of hydrogen-bond acceptors (Lipinski definition) is 6. The van der Waals surface area contributed by atoms with Gasteiger partial charge < -0.3 is 9.64 Å². The van der Waals surface area contributed by atoms with E-state index in [9.17, 15) is 0 Å². The van der Waals surface area contributed by atoms with Crippen LogP contribution < -0.4 is 4.90 Å². The SMILES string of the molecule is COCCN(CCC#N)c1nccn2c(C)nnc12. The Kier molecular flexibility index (Phi) is 4.26. The van der Waals surface area contributed by atoms with Crippen molar-refractivity contribution >= 4 is 11.5 Å². The first-order valence-electron chi connectivity index (χ1n) is 6.05. The zero-order valence-electron chi connectivity index (χ0n) is 11.1. The summed E-state index contributed by atoms with van der Waals surface area (Å²) >= 11 is 0. The molecule has 0 amide bonds. The van der Waals surface area contributed by atoms with Crippen LogP contribution in [0.15, 0.2) is 12.4 Å². The summed E-state index contributed by atoms with van der Waals surface area (Å²) in [6.45, 7) is 3.72. The molecule has 7 heteroatoms. The first kappa shape index (κ1) is 13.2. The molecule has 0 N–H and O–H groups in total. The van der Waals surface area contributed by atoms with Crippen LogP contribution in [0, 0.1) is 18.3 Å². The van der Waals surface area contributed by atoms with Crippen LogP contribution in [0.25, 0.3) is 5.65 Å². The highest BCUT2D eigenvalue weighted by Gasteiger charge is 2.14. The van der Waals surface area contributed by atoms with Gasteiger partial charge in [-0.25, -0.2) is 4.98 Å². The van der Waals surface area contributed by atoms with Gasteiger partial charge >= 0.3 is 0 Å². The van der Waals surface area contributed by atoms with Crippen LogP contribution >= 0.6 is 0 Å². The van der Waals surface area contributed by atoms with Gasteiger partial charge in [-0.1, -0.05) is 0 Å². The summed E-state index contributed by atoms with van der Waals surface area (Å²) < 4.78 is 6.98. The van der Waals surface area contributed by atoms with Gasteiger partial charge in [0.1, 0.15) is 5.82 Å². The summed E-state index contributed by atoms with van der Waals surface area (Å²) in [5.74, 6) is 1.54. The van der Waals surface area contributed by atoms with Gasteiger partial charge in [-0.05, 0) is 6.92 Å². The topological polar surface area (TPSA) is 79.3 Å². The van der Waals surface area contributed by atoms with Crippen LogP contribution in [-0.4, -0.2) is 46.4 Å². The summed E-state index contributed by atoms with van der Waals surface area (Å²) in [6, 6.07) is 2.14. The Labute approximate surface area is 111 Å². The lowest BCUT2D eigenvalue weighted by atomic mass is 10.4. The van der Waals surface area contributed by atoms with Crippen molar-refractivity contribution in [2.75, 3.05) is 31.7 Å². The number of ether oxygens (including phenoxy) is 1. The molecule has 19 heavy (non-hydrogen) atoms. The van der Waals surface area contributed by atoms with Crippen molar-refractivity contribution in [1.82, 2.24) is 19.6 Å². The molecule has 100 valence electrons. The Morgan fingerprint density at radius 1 is 1.42 bits per heavy atom. The Bertz CT molecular complexity index is 587. The summed E-state index contributed by atoms with van der Waals surface area (Å²) in [7, 11) is 1.65. The average Bonchev–Trinajstić information content (AvgIpc) is 2.81. The molecule has 0 radical (unpaired) electrons. The van der Waals surface area contributed by atoms with E-state index in [-0.39, 0.29) is 0 Å². The number of methoxy groups -OCH3 is 1. The molecular formula is C12H16N6O. The number of aromatic nitrogens is 4. The second-order valence-electron chi connectivity index (χ2n) is 4.08. The largest absolute Gasteiger partial charge is 0.383 e. The average molecular weight is 260 g/mol. The van der Waals surface area contributed by atoms with Crippen molar-refractivity contribution < 1.29 is 4.74 Å². The molecule has 2 aromatic heterocycles. The van der Waals surface area contributed by atoms with E-state index in [0.29, 0.717) is 31.8 Å². The Balaban J connectivity index is 2.34. The molecule has 0 fully saturated rings. The van der Waals surface area contributed by atoms with Crippen molar-refractivity contribution in [2.45, 2.75) is 13.3 Å². The van der Waals surface area contributed by atoms with Gasteiger partial charge in [0.25, 0.3) is 0 Å². The van der Waals surface area contributed by atoms with Crippen LogP contribution in [0.3, 0.4) is 0 Å². The van der Waals surface area contributed by atoms with Gasteiger partial charge in [0.15, 0.2) is 5.82 Å². The van der Waals surface area contributed by atoms with E-state index in [1.54, 1.807) is 13.3 Å². The third-order valence-electron chi connectivity index (χ3n) is 2.84. The number of nitriles is 1. The highest BCUT2D eigenvalue weighted by molar-refractivity contribution is 5.63. The fourth-order valence-electron chi connectivity index (χ4n) is 1.86. The molecule has 0 unspecified atom stereocenters. The summed E-state index contributed by atoms with van der Waals surface area (Å²) in [6.07, 6.45) is 3.97. The molecule has 2 rings (SSSR count). The van der Waals surface area contributed by atoms with E-state index in [1.165, 1.54) is 0 Å². The number of rotatable bonds is 6. The normalized spacial score (nSPS) is 10.6. The molecule has 2 heterocycles. The lowest BCUT2D eigenvalue weighted by Gasteiger charge is -2.22. The number of aryl methyl sites for hydroxylation is 1. The Morgan fingerprint density at radius 2 is 2.26 bits per heavy atom. The second-order valence-corrected chi connectivity index (χ2v) is 4.08. The molecule has 0 bridgehead atoms. The van der Waals surface area contributed by atoms with E-state index >= 15 is 0 Å². The number of hydrogen-bond donors (Lipinski definition) is 0. The molecule has 0 aliphatic carbocycles. The number of nitrogens with zero attached hydrogens (tertiary/aromatic N) is 6. The second kappa shape index (κ2) is 6.11. The number of fused-ring (bicyclic) bond motifs is 1. The van der Waals surface area contributed by atoms with Crippen molar-refractivity contribution in [3.8, 4) is 6.07 Å². The fraction of sp³-hybridized carbons (Fsp3) is 0.500. The minimum atomic E-state index is 0.430. The standard InChI is InChI=1S/C12H16N6O/c1-10-15-16-12-11(14-5-7-18(10)12)17(6-3-4-13)8-9-19-2/h5,7H,3,6,8-9H2,1-2H3. The van der Waals surface area contributed by atoms with Crippen LogP contribution in [0.5, 0.6) is 0 Å². The molecule has 0 saturated heterocycles. The maximum Gasteiger partial charge on any atom is 0.203 e. The van der Waals surface area contributed by atoms with E-state index in [1.807, 2.05) is 22.4 Å². The molecule has 0 aliphatic rings. The molecule has 0 saturated carbocycles. The predicted octanol–water partition coefficient (Wildman–Crippen LogP) is 0.799. The first-order valence-corrected chi connectivity index (χ1v) is 6.05. The smallest absolute Gasteiger partial charge is 0.203 e. The zero-order chi connectivity index (χ0) is 13.7. The van der Waals surface area contributed by atoms with E-state index in [4.69, 9.17) is 10.00 Å². The summed E-state index contributed by atoms with van der Waals surface area (Å²) in [5.41, 5.74) is 0.703. The van der Waals surface area contributed by atoms with E-state index in [2.05, 4.69) is 21.3 Å². The predicted molar refractivity (Wildman–Crippen MR) is 69.8 cm³/mol. The van der Waals surface area contributed by atoms with Gasteiger partial charge in [0.2, 0.25) is 5.65 Å². The molecule has 0 aliphatic heterocycles. The van der Waals surface area contributed by atoms with Crippen LogP contribution in [0.4, 0.5) is 5.82 Å². The number of anilines is 1. The molecule has 0 spiro atoms. The van der Waals surface area contributed by atoms with Crippen molar-refractivity contribution in [1.29, 1.82) is 5.26 Å². The van der Waals surface area contributed by atoms with Gasteiger partial charge in [-0.2, -0.15) is 5.26 Å². The van der Waals surface area contributed by atoms with Crippen LogP contribution in [0.1, 0.15) is 12.2 Å². The van der Waals surface area contributed by atoms with Gasteiger partial charge in [-0.15, -0.1) is 10.2 Å². The third-order valence-corrected chi connectivity index (χ3v) is 2.84.